The van der Waals surface area contributed by atoms with Gasteiger partial charge in [-0.1, -0.05) is 101 Å². The van der Waals surface area contributed by atoms with E-state index in [1.54, 1.807) is 25.8 Å². The van der Waals surface area contributed by atoms with Crippen LogP contribution < -0.4 is 5.73 Å². The normalized spacial score (nSPS) is 19.7. The third-order valence-corrected chi connectivity index (χ3v) is 12.1. The molecule has 294 valence electrons. The Bertz CT molecular complexity index is 1360. The highest BCUT2D eigenvalue weighted by atomic mass is 16.7. The van der Waals surface area contributed by atoms with Crippen LogP contribution in [0.5, 0.6) is 0 Å². The first kappa shape index (κ1) is 43.6. The van der Waals surface area contributed by atoms with Crippen LogP contribution in [0.25, 0.3) is 0 Å². The molecule has 3 saturated carbocycles. The predicted octanol–water partition coefficient (Wildman–Crippen LogP) is 12.0. The predicted molar refractivity (Wildman–Crippen MR) is 210 cm³/mol. The number of hydrogen-bond donors (Lipinski definition) is 2. The summed E-state index contributed by atoms with van der Waals surface area (Å²) in [7, 11) is 3.20. The molecule has 0 spiro atoms. The highest BCUT2D eigenvalue weighted by Gasteiger charge is 2.40. The van der Waals surface area contributed by atoms with Gasteiger partial charge in [0.25, 0.3) is 5.91 Å². The Morgan fingerprint density at radius 3 is 1.58 bits per heavy atom. The van der Waals surface area contributed by atoms with E-state index in [1.165, 1.54) is 80.2 Å². The van der Waals surface area contributed by atoms with Gasteiger partial charge < -0.3 is 24.1 Å². The van der Waals surface area contributed by atoms with E-state index in [2.05, 4.69) is 61.5 Å². The Morgan fingerprint density at radius 2 is 1.17 bits per heavy atom. The molecule has 8 nitrogen and oxygen atoms in total. The van der Waals surface area contributed by atoms with Gasteiger partial charge in [-0.05, 0) is 96.6 Å². The zero-order valence-electron chi connectivity index (χ0n) is 34.4. The van der Waals surface area contributed by atoms with Gasteiger partial charge in [0.15, 0.2) is 0 Å². The SMILES string of the molecule is CC(C)c1ccoc1.CC(C)c1coc(C(O)C2(C)CCCC2)c1.CC(C)c1coc([C@H](N)C2(C)CCCC2)c1.CON(C)C(=O)C1(C)CCCC1. The number of furan rings is 3. The topological polar surface area (TPSA) is 115 Å². The quantitative estimate of drug-likeness (QED) is 0.211. The van der Waals surface area contributed by atoms with Crippen molar-refractivity contribution in [2.45, 2.75) is 169 Å². The van der Waals surface area contributed by atoms with Gasteiger partial charge in [0.2, 0.25) is 0 Å². The average Bonchev–Trinajstić information content (AvgIpc) is 3.96. The molecule has 0 saturated heterocycles. The number of hydrogen-bond acceptors (Lipinski definition) is 7. The van der Waals surface area contributed by atoms with Crippen molar-refractivity contribution in [2.75, 3.05) is 14.2 Å². The number of carbonyl (C=O) groups is 1. The molecule has 3 fully saturated rings. The lowest BCUT2D eigenvalue weighted by Gasteiger charge is -2.29. The minimum Gasteiger partial charge on any atom is -0.472 e. The summed E-state index contributed by atoms with van der Waals surface area (Å²) in [5, 5.41) is 11.7. The molecule has 52 heavy (non-hydrogen) atoms. The van der Waals surface area contributed by atoms with Crippen molar-refractivity contribution in [3.63, 3.8) is 0 Å². The van der Waals surface area contributed by atoms with Gasteiger partial charge in [0.05, 0.1) is 38.2 Å². The Labute approximate surface area is 315 Å². The summed E-state index contributed by atoms with van der Waals surface area (Å²) in [6, 6.07) is 6.20. The van der Waals surface area contributed by atoms with Gasteiger partial charge in [0.1, 0.15) is 17.6 Å². The van der Waals surface area contributed by atoms with Crippen molar-refractivity contribution in [1.29, 1.82) is 0 Å². The number of carbonyl (C=O) groups excluding carboxylic acids is 1. The summed E-state index contributed by atoms with van der Waals surface area (Å²) in [6.45, 7) is 19.4. The molecule has 2 atom stereocenters. The van der Waals surface area contributed by atoms with E-state index in [0.29, 0.717) is 17.8 Å². The molecule has 0 aromatic carbocycles. The molecule has 3 heterocycles. The fraction of sp³-hybridized carbons (Fsp3) is 0.705. The molecule has 1 amide bonds. The second-order valence-electron chi connectivity index (χ2n) is 17.4. The Morgan fingerprint density at radius 1 is 0.731 bits per heavy atom. The molecule has 6 rings (SSSR count). The zero-order chi connectivity index (χ0) is 38.7. The summed E-state index contributed by atoms with van der Waals surface area (Å²) in [4.78, 5) is 16.6. The van der Waals surface area contributed by atoms with Gasteiger partial charge in [-0.25, -0.2) is 5.06 Å². The largest absolute Gasteiger partial charge is 0.472 e. The van der Waals surface area contributed by atoms with Crippen LogP contribution in [0.4, 0.5) is 0 Å². The maximum absolute atomic E-state index is 11.7. The van der Waals surface area contributed by atoms with E-state index in [-0.39, 0.29) is 28.2 Å². The Kier molecular flexibility index (Phi) is 16.3. The standard InChI is InChI=1S/C14H23NO.C14H22O2.C9H17NO2.C7H10O/c2*1-10(2)11-8-12(16-9-11)13(15)14(3)6-4-5-7-14;1-9(6-4-5-7-9)8(11)10(2)12-3;1-6(2)7-3-4-8-5-7/h8-10,13H,4-7,15H2,1-3H3;8-10,13,15H,4-7H2,1-3H3;4-7H2,1-3H3;3-6H,1-2H3/t13-;;;/m0.../s1. The van der Waals surface area contributed by atoms with Gasteiger partial charge in [0, 0.05) is 17.9 Å². The molecule has 3 aliphatic carbocycles. The molecule has 3 aromatic heterocycles. The van der Waals surface area contributed by atoms with Crippen LogP contribution in [0.3, 0.4) is 0 Å². The van der Waals surface area contributed by atoms with Gasteiger partial charge in [-0.15, -0.1) is 0 Å². The zero-order valence-corrected chi connectivity index (χ0v) is 34.4. The molecule has 1 unspecified atom stereocenters. The summed E-state index contributed by atoms with van der Waals surface area (Å²) < 4.78 is 16.0. The first-order chi connectivity index (χ1) is 24.5. The molecule has 8 heteroatoms. The van der Waals surface area contributed by atoms with Crippen molar-refractivity contribution < 1.29 is 28.0 Å². The third-order valence-electron chi connectivity index (χ3n) is 12.1. The first-order valence-corrected chi connectivity index (χ1v) is 19.9. The monoisotopic (exact) mass is 725 g/mol. The number of nitrogens with two attached hydrogens (primary N) is 1. The van der Waals surface area contributed by atoms with Crippen molar-refractivity contribution >= 4 is 5.91 Å². The van der Waals surface area contributed by atoms with E-state index < -0.39 is 6.10 Å². The molecule has 3 aliphatic rings. The first-order valence-electron chi connectivity index (χ1n) is 19.9. The average molecular weight is 725 g/mol. The van der Waals surface area contributed by atoms with Crippen LogP contribution in [0.15, 0.2) is 56.5 Å². The van der Waals surface area contributed by atoms with E-state index in [0.717, 1.165) is 37.2 Å². The maximum atomic E-state index is 11.7. The van der Waals surface area contributed by atoms with Crippen LogP contribution >= 0.6 is 0 Å². The molecular formula is C44H72N2O6. The second-order valence-corrected chi connectivity index (χ2v) is 17.4. The molecule has 3 N–H and O–H groups in total. The highest BCUT2D eigenvalue weighted by molar-refractivity contribution is 5.81. The lowest BCUT2D eigenvalue weighted by atomic mass is 9.80. The summed E-state index contributed by atoms with van der Waals surface area (Å²) in [5.74, 6) is 3.39. The highest BCUT2D eigenvalue weighted by Crippen LogP contribution is 2.48. The lowest BCUT2D eigenvalue weighted by Crippen LogP contribution is -2.37. The van der Waals surface area contributed by atoms with Crippen molar-refractivity contribution in [3.8, 4) is 0 Å². The number of rotatable bonds is 9. The smallest absolute Gasteiger partial charge is 0.251 e. The van der Waals surface area contributed by atoms with Crippen LogP contribution in [0.2, 0.25) is 0 Å². The van der Waals surface area contributed by atoms with Crippen molar-refractivity contribution in [2.24, 2.45) is 22.0 Å². The van der Waals surface area contributed by atoms with Crippen LogP contribution in [-0.2, 0) is 9.63 Å². The number of amides is 1. The fourth-order valence-corrected chi connectivity index (χ4v) is 7.72. The van der Waals surface area contributed by atoms with Crippen LogP contribution in [0.1, 0.15) is 197 Å². The fourth-order valence-electron chi connectivity index (χ4n) is 7.72. The summed E-state index contributed by atoms with van der Waals surface area (Å²) in [5.41, 5.74) is 10.2. The number of aliphatic hydroxyl groups excluding tert-OH is 1. The van der Waals surface area contributed by atoms with E-state index >= 15 is 0 Å². The van der Waals surface area contributed by atoms with Crippen LogP contribution in [-0.4, -0.2) is 30.2 Å². The molecule has 3 aromatic rings. The number of hydroxylamine groups is 2. The minimum atomic E-state index is -0.442. The molecule has 0 aliphatic heterocycles. The Hall–Kier alpha value is -2.81. The molecule has 0 bridgehead atoms. The minimum absolute atomic E-state index is 0.0199. The summed E-state index contributed by atoms with van der Waals surface area (Å²) in [6.07, 6.45) is 20.7. The molecule has 0 radical (unpaired) electrons. The Balaban J connectivity index is 0.000000193. The van der Waals surface area contributed by atoms with Crippen molar-refractivity contribution in [1.82, 2.24) is 5.06 Å². The van der Waals surface area contributed by atoms with Crippen LogP contribution in [0, 0.1) is 16.2 Å². The molecular weight excluding hydrogens is 652 g/mol. The van der Waals surface area contributed by atoms with Gasteiger partial charge in [-0.3, -0.25) is 9.63 Å². The maximum Gasteiger partial charge on any atom is 0.251 e. The van der Waals surface area contributed by atoms with Gasteiger partial charge in [-0.2, -0.15) is 0 Å². The van der Waals surface area contributed by atoms with E-state index in [9.17, 15) is 9.90 Å². The van der Waals surface area contributed by atoms with Crippen molar-refractivity contribution in [3.05, 3.63) is 71.5 Å². The number of aliphatic hydroxyl groups is 1. The second kappa shape index (κ2) is 19.5. The summed E-state index contributed by atoms with van der Waals surface area (Å²) >= 11 is 0. The van der Waals surface area contributed by atoms with E-state index in [4.69, 9.17) is 23.8 Å². The van der Waals surface area contributed by atoms with Gasteiger partial charge >= 0.3 is 0 Å². The number of nitrogens with zero attached hydrogens (tertiary/aromatic N) is 1. The third kappa shape index (κ3) is 11.6. The van der Waals surface area contributed by atoms with E-state index in [1.807, 2.05) is 25.3 Å². The lowest BCUT2D eigenvalue weighted by molar-refractivity contribution is -0.179.